The van der Waals surface area contributed by atoms with E-state index in [9.17, 15) is 14.9 Å². The standard InChI is InChI=1S/C12H15N3O4/c13-12(17)8-1-2-10(11(5-8)15(18)19)14-6-7-3-9(16)4-7/h1-2,5,7,9,14,16H,3-4,6H2,(H2,13,17). The SMILES string of the molecule is NC(=O)c1ccc(NCC2CC(O)C2)c([N+](=O)[O-])c1. The highest BCUT2D eigenvalue weighted by atomic mass is 16.6. The maximum absolute atomic E-state index is 11.0. The highest BCUT2D eigenvalue weighted by Gasteiger charge is 2.27. The highest BCUT2D eigenvalue weighted by Crippen LogP contribution is 2.30. The number of aliphatic hydroxyl groups excluding tert-OH is 1. The van der Waals surface area contributed by atoms with Gasteiger partial charge >= 0.3 is 0 Å². The van der Waals surface area contributed by atoms with Gasteiger partial charge in [-0.15, -0.1) is 0 Å². The van der Waals surface area contributed by atoms with Gasteiger partial charge in [-0.2, -0.15) is 0 Å². The van der Waals surface area contributed by atoms with Gasteiger partial charge in [0.05, 0.1) is 11.0 Å². The number of benzene rings is 1. The van der Waals surface area contributed by atoms with E-state index in [0.717, 1.165) is 0 Å². The summed E-state index contributed by atoms with van der Waals surface area (Å²) >= 11 is 0. The molecule has 2 rings (SSSR count). The summed E-state index contributed by atoms with van der Waals surface area (Å²) in [6, 6.07) is 4.10. The van der Waals surface area contributed by atoms with E-state index in [-0.39, 0.29) is 17.4 Å². The van der Waals surface area contributed by atoms with Crippen LogP contribution in [0.1, 0.15) is 23.2 Å². The minimum absolute atomic E-state index is 0.108. The fourth-order valence-electron chi connectivity index (χ4n) is 2.11. The molecule has 1 amide bonds. The van der Waals surface area contributed by atoms with Crippen molar-refractivity contribution in [1.29, 1.82) is 0 Å². The molecule has 19 heavy (non-hydrogen) atoms. The van der Waals surface area contributed by atoms with E-state index < -0.39 is 10.8 Å². The summed E-state index contributed by atoms with van der Waals surface area (Å²) in [5.74, 6) is -0.373. The van der Waals surface area contributed by atoms with Crippen molar-refractivity contribution in [2.75, 3.05) is 11.9 Å². The lowest BCUT2D eigenvalue weighted by atomic mass is 9.82. The molecule has 1 aromatic rings. The lowest BCUT2D eigenvalue weighted by Crippen LogP contribution is -2.33. The van der Waals surface area contributed by atoms with Crippen molar-refractivity contribution < 1.29 is 14.8 Å². The highest BCUT2D eigenvalue weighted by molar-refractivity contribution is 5.94. The van der Waals surface area contributed by atoms with Crippen LogP contribution in [0.25, 0.3) is 0 Å². The fourth-order valence-corrected chi connectivity index (χ4v) is 2.11. The second kappa shape index (κ2) is 5.23. The van der Waals surface area contributed by atoms with Crippen molar-refractivity contribution in [3.63, 3.8) is 0 Å². The molecule has 0 spiro atoms. The van der Waals surface area contributed by atoms with E-state index in [1.807, 2.05) is 0 Å². The molecule has 1 saturated carbocycles. The van der Waals surface area contributed by atoms with Gasteiger partial charge in [-0.3, -0.25) is 14.9 Å². The first-order chi connectivity index (χ1) is 8.97. The molecule has 0 aliphatic heterocycles. The van der Waals surface area contributed by atoms with Crippen LogP contribution in [0.2, 0.25) is 0 Å². The van der Waals surface area contributed by atoms with Crippen LogP contribution in [0.15, 0.2) is 18.2 Å². The Morgan fingerprint density at radius 3 is 2.74 bits per heavy atom. The number of nitrogens with two attached hydrogens (primary N) is 1. The molecule has 0 atom stereocenters. The number of primary amides is 1. The molecule has 0 bridgehead atoms. The van der Waals surface area contributed by atoms with Crippen LogP contribution in [0.4, 0.5) is 11.4 Å². The molecule has 102 valence electrons. The third-order valence-corrected chi connectivity index (χ3v) is 3.27. The molecule has 1 aromatic carbocycles. The average Bonchev–Trinajstić information content (AvgIpc) is 2.32. The van der Waals surface area contributed by atoms with Crippen LogP contribution in [-0.2, 0) is 0 Å². The van der Waals surface area contributed by atoms with Gasteiger partial charge in [-0.25, -0.2) is 0 Å². The van der Waals surface area contributed by atoms with Crippen LogP contribution in [-0.4, -0.2) is 28.6 Å². The summed E-state index contributed by atoms with van der Waals surface area (Å²) in [6.45, 7) is 0.563. The van der Waals surface area contributed by atoms with Gasteiger partial charge < -0.3 is 16.2 Å². The van der Waals surface area contributed by atoms with Crippen molar-refractivity contribution in [3.05, 3.63) is 33.9 Å². The van der Waals surface area contributed by atoms with Gasteiger partial charge in [-0.1, -0.05) is 0 Å². The smallest absolute Gasteiger partial charge is 0.293 e. The predicted octanol–water partition coefficient (Wildman–Crippen LogP) is 0.877. The number of aliphatic hydroxyl groups is 1. The number of nitrogens with one attached hydrogen (secondary N) is 1. The Morgan fingerprint density at radius 1 is 1.53 bits per heavy atom. The number of amides is 1. The summed E-state index contributed by atoms with van der Waals surface area (Å²) in [7, 11) is 0. The van der Waals surface area contributed by atoms with E-state index in [0.29, 0.717) is 31.0 Å². The molecule has 1 fully saturated rings. The topological polar surface area (TPSA) is 118 Å². The molecule has 1 aliphatic rings. The normalized spacial score (nSPS) is 21.5. The van der Waals surface area contributed by atoms with Gasteiger partial charge in [-0.05, 0) is 30.9 Å². The third-order valence-electron chi connectivity index (χ3n) is 3.27. The molecule has 7 nitrogen and oxygen atoms in total. The molecule has 0 saturated heterocycles. The van der Waals surface area contributed by atoms with E-state index in [1.165, 1.54) is 18.2 Å². The van der Waals surface area contributed by atoms with Crippen LogP contribution in [0, 0.1) is 16.0 Å². The van der Waals surface area contributed by atoms with Crippen LogP contribution in [0.3, 0.4) is 0 Å². The van der Waals surface area contributed by atoms with E-state index >= 15 is 0 Å². The van der Waals surface area contributed by atoms with Crippen molar-refractivity contribution in [2.24, 2.45) is 11.7 Å². The quantitative estimate of drug-likeness (QED) is 0.539. The Labute approximate surface area is 109 Å². The zero-order valence-electron chi connectivity index (χ0n) is 10.2. The Morgan fingerprint density at radius 2 is 2.21 bits per heavy atom. The van der Waals surface area contributed by atoms with Gasteiger partial charge in [0.1, 0.15) is 5.69 Å². The first-order valence-electron chi connectivity index (χ1n) is 5.97. The monoisotopic (exact) mass is 265 g/mol. The van der Waals surface area contributed by atoms with E-state index in [1.54, 1.807) is 0 Å². The second-order valence-corrected chi connectivity index (χ2v) is 4.73. The largest absolute Gasteiger partial charge is 0.393 e. The summed E-state index contributed by atoms with van der Waals surface area (Å²) in [5, 5.41) is 23.1. The fraction of sp³-hybridized carbons (Fsp3) is 0.417. The van der Waals surface area contributed by atoms with Crippen LogP contribution < -0.4 is 11.1 Å². The Balaban J connectivity index is 2.10. The Bertz CT molecular complexity index is 512. The number of hydrogen-bond donors (Lipinski definition) is 3. The van der Waals surface area contributed by atoms with Crippen molar-refractivity contribution in [3.8, 4) is 0 Å². The first-order valence-corrected chi connectivity index (χ1v) is 5.97. The predicted molar refractivity (Wildman–Crippen MR) is 68.8 cm³/mol. The van der Waals surface area contributed by atoms with Gasteiger partial charge in [0, 0.05) is 18.2 Å². The van der Waals surface area contributed by atoms with Crippen LogP contribution >= 0.6 is 0 Å². The minimum atomic E-state index is -0.697. The molecule has 1 aliphatic carbocycles. The number of carbonyl (C=O) groups excluding carboxylic acids is 1. The molecular formula is C12H15N3O4. The minimum Gasteiger partial charge on any atom is -0.393 e. The van der Waals surface area contributed by atoms with E-state index in [2.05, 4.69) is 5.32 Å². The summed E-state index contributed by atoms with van der Waals surface area (Å²) in [6.07, 6.45) is 1.17. The number of carbonyl (C=O) groups is 1. The number of nitrogens with zero attached hydrogens (tertiary/aromatic N) is 1. The summed E-state index contributed by atoms with van der Waals surface area (Å²) < 4.78 is 0. The average molecular weight is 265 g/mol. The third kappa shape index (κ3) is 3.00. The number of anilines is 1. The van der Waals surface area contributed by atoms with Crippen molar-refractivity contribution in [2.45, 2.75) is 18.9 Å². The first kappa shape index (κ1) is 13.3. The molecule has 7 heteroatoms. The molecular weight excluding hydrogens is 250 g/mol. The number of nitro groups is 1. The van der Waals surface area contributed by atoms with Crippen LogP contribution in [0.5, 0.6) is 0 Å². The van der Waals surface area contributed by atoms with Crippen molar-refractivity contribution in [1.82, 2.24) is 0 Å². The zero-order valence-corrected chi connectivity index (χ0v) is 10.2. The van der Waals surface area contributed by atoms with Gasteiger partial charge in [0.2, 0.25) is 5.91 Å². The summed E-state index contributed by atoms with van der Waals surface area (Å²) in [5.41, 5.74) is 5.39. The molecule has 0 heterocycles. The molecule has 0 aromatic heterocycles. The van der Waals surface area contributed by atoms with E-state index in [4.69, 9.17) is 10.8 Å². The zero-order chi connectivity index (χ0) is 14.0. The lowest BCUT2D eigenvalue weighted by molar-refractivity contribution is -0.384. The molecule has 0 radical (unpaired) electrons. The lowest BCUT2D eigenvalue weighted by Gasteiger charge is -2.31. The maximum Gasteiger partial charge on any atom is 0.293 e. The summed E-state index contributed by atoms with van der Waals surface area (Å²) in [4.78, 5) is 21.4. The maximum atomic E-state index is 11.0. The molecule has 0 unspecified atom stereocenters. The Hall–Kier alpha value is -2.15. The number of nitro benzene ring substituents is 1. The number of rotatable bonds is 5. The molecule has 4 N–H and O–H groups in total. The second-order valence-electron chi connectivity index (χ2n) is 4.73. The number of hydrogen-bond acceptors (Lipinski definition) is 5. The van der Waals surface area contributed by atoms with Crippen molar-refractivity contribution >= 4 is 17.3 Å². The van der Waals surface area contributed by atoms with Gasteiger partial charge in [0.25, 0.3) is 5.69 Å². The van der Waals surface area contributed by atoms with Gasteiger partial charge in [0.15, 0.2) is 0 Å². The Kier molecular flexibility index (Phi) is 3.66.